The number of aromatic nitrogens is 3. The van der Waals surface area contributed by atoms with Gasteiger partial charge < -0.3 is 14.9 Å². The van der Waals surface area contributed by atoms with E-state index < -0.39 is 17.4 Å². The van der Waals surface area contributed by atoms with Crippen LogP contribution in [0.1, 0.15) is 36.1 Å². The number of amides is 1. The Hall–Kier alpha value is -4.27. The SMILES string of the molecule is COc1ccc2c(c1)[C@](O)([C@@H](C)/C=C/CCn1cc(C(CO)c3ccccc3)nn1)C(=O)N2c1ccccc1. The Bertz CT molecular complexity index is 1450. The molecule has 5 rings (SSSR count). The van der Waals surface area contributed by atoms with E-state index in [-0.39, 0.29) is 12.5 Å². The van der Waals surface area contributed by atoms with Crippen molar-refractivity contribution in [2.75, 3.05) is 18.6 Å². The summed E-state index contributed by atoms with van der Waals surface area (Å²) in [6.45, 7) is 2.35. The van der Waals surface area contributed by atoms with E-state index in [9.17, 15) is 15.0 Å². The predicted octanol–water partition coefficient (Wildman–Crippen LogP) is 4.56. The quantitative estimate of drug-likeness (QED) is 0.295. The molecule has 0 aliphatic carbocycles. The number of ether oxygens (including phenoxy) is 1. The number of anilines is 2. The summed E-state index contributed by atoms with van der Waals surface area (Å²) in [5.41, 5.74) is 1.79. The first-order chi connectivity index (χ1) is 19.0. The van der Waals surface area contributed by atoms with Crippen LogP contribution in [0.2, 0.25) is 0 Å². The van der Waals surface area contributed by atoms with Gasteiger partial charge in [-0.2, -0.15) is 0 Å². The van der Waals surface area contributed by atoms with Gasteiger partial charge >= 0.3 is 0 Å². The number of carbonyl (C=O) groups is 1. The van der Waals surface area contributed by atoms with Gasteiger partial charge in [0.2, 0.25) is 0 Å². The molecule has 0 fully saturated rings. The van der Waals surface area contributed by atoms with Gasteiger partial charge in [0.25, 0.3) is 5.91 Å². The maximum atomic E-state index is 13.8. The van der Waals surface area contributed by atoms with Crippen molar-refractivity contribution in [2.24, 2.45) is 5.92 Å². The maximum Gasteiger partial charge on any atom is 0.268 e. The molecule has 39 heavy (non-hydrogen) atoms. The summed E-state index contributed by atoms with van der Waals surface area (Å²) in [6, 6.07) is 24.4. The Kier molecular flexibility index (Phi) is 7.58. The average Bonchev–Trinajstić information content (AvgIpc) is 3.53. The molecule has 2 heterocycles. The van der Waals surface area contributed by atoms with Crippen LogP contribution < -0.4 is 9.64 Å². The molecule has 1 unspecified atom stereocenters. The van der Waals surface area contributed by atoms with Crippen LogP contribution >= 0.6 is 0 Å². The van der Waals surface area contributed by atoms with E-state index in [0.717, 1.165) is 5.56 Å². The van der Waals surface area contributed by atoms with Gasteiger partial charge in [0.15, 0.2) is 5.60 Å². The number of fused-ring (bicyclic) bond motifs is 1. The highest BCUT2D eigenvalue weighted by atomic mass is 16.5. The Labute approximate surface area is 227 Å². The predicted molar refractivity (Wildman–Crippen MR) is 149 cm³/mol. The third-order valence-electron chi connectivity index (χ3n) is 7.31. The number of aliphatic hydroxyl groups excluding tert-OH is 1. The fourth-order valence-electron chi connectivity index (χ4n) is 5.09. The van der Waals surface area contributed by atoms with E-state index >= 15 is 0 Å². The summed E-state index contributed by atoms with van der Waals surface area (Å²) in [5, 5.41) is 30.3. The first-order valence-electron chi connectivity index (χ1n) is 13.0. The van der Waals surface area contributed by atoms with Gasteiger partial charge in [0.05, 0.1) is 31.0 Å². The van der Waals surface area contributed by atoms with E-state index in [2.05, 4.69) is 10.3 Å². The summed E-state index contributed by atoms with van der Waals surface area (Å²) >= 11 is 0. The van der Waals surface area contributed by atoms with Crippen molar-refractivity contribution in [3.63, 3.8) is 0 Å². The second kappa shape index (κ2) is 11.2. The van der Waals surface area contributed by atoms with Crippen LogP contribution in [0.5, 0.6) is 5.75 Å². The molecule has 1 aliphatic heterocycles. The number of methoxy groups -OCH3 is 1. The first-order valence-corrected chi connectivity index (χ1v) is 13.0. The highest BCUT2D eigenvalue weighted by Gasteiger charge is 2.53. The van der Waals surface area contributed by atoms with Gasteiger partial charge in [-0.25, -0.2) is 0 Å². The lowest BCUT2D eigenvalue weighted by Crippen LogP contribution is -2.42. The molecule has 0 saturated heterocycles. The lowest BCUT2D eigenvalue weighted by atomic mass is 9.83. The molecule has 0 saturated carbocycles. The molecule has 8 nitrogen and oxygen atoms in total. The number of aryl methyl sites for hydroxylation is 1. The standard InChI is InChI=1S/C31H32N4O4/c1-22(11-9-10-18-34-20-28(32-33-34)26(21-36)23-12-5-3-6-13-23)31(38)27-19-25(39-2)16-17-29(27)35(30(31)37)24-14-7-4-8-15-24/h3-9,11-17,19-20,22,26,36,38H,10,18,21H2,1-2H3/b11-9+/t22-,26?,31+/m0/s1. The Morgan fingerprint density at radius 1 is 1.05 bits per heavy atom. The van der Waals surface area contributed by atoms with Gasteiger partial charge in [-0.3, -0.25) is 14.4 Å². The van der Waals surface area contributed by atoms with E-state index in [1.165, 1.54) is 0 Å². The van der Waals surface area contributed by atoms with Crippen molar-refractivity contribution in [3.8, 4) is 5.75 Å². The largest absolute Gasteiger partial charge is 0.497 e. The molecular weight excluding hydrogens is 492 g/mol. The lowest BCUT2D eigenvalue weighted by molar-refractivity contribution is -0.138. The van der Waals surface area contributed by atoms with Crippen molar-refractivity contribution in [2.45, 2.75) is 31.4 Å². The zero-order valence-corrected chi connectivity index (χ0v) is 22.0. The number of carbonyl (C=O) groups excluding carboxylic acids is 1. The lowest BCUT2D eigenvalue weighted by Gasteiger charge is -2.27. The number of para-hydroxylation sites is 1. The molecular formula is C31H32N4O4. The maximum absolute atomic E-state index is 13.8. The minimum atomic E-state index is -1.75. The molecule has 8 heteroatoms. The number of rotatable bonds is 10. The van der Waals surface area contributed by atoms with Gasteiger partial charge in [-0.1, -0.05) is 72.8 Å². The third-order valence-corrected chi connectivity index (χ3v) is 7.31. The molecule has 0 radical (unpaired) electrons. The molecule has 2 N–H and O–H groups in total. The molecule has 4 aromatic rings. The normalized spacial score (nSPS) is 18.4. The summed E-state index contributed by atoms with van der Waals surface area (Å²) in [4.78, 5) is 15.3. The molecule has 0 bridgehead atoms. The number of aliphatic hydroxyl groups is 2. The van der Waals surface area contributed by atoms with Crippen LogP contribution in [0.3, 0.4) is 0 Å². The van der Waals surface area contributed by atoms with Crippen molar-refractivity contribution >= 4 is 17.3 Å². The smallest absolute Gasteiger partial charge is 0.268 e. The van der Waals surface area contributed by atoms with Gasteiger partial charge in [0, 0.05) is 29.9 Å². The molecule has 1 amide bonds. The Balaban J connectivity index is 1.32. The van der Waals surface area contributed by atoms with Crippen LogP contribution in [0, 0.1) is 5.92 Å². The highest BCUT2D eigenvalue weighted by Crippen LogP contribution is 2.49. The fraction of sp³-hybridized carbons (Fsp3) is 0.258. The summed E-state index contributed by atoms with van der Waals surface area (Å²) in [7, 11) is 1.56. The second-order valence-electron chi connectivity index (χ2n) is 9.68. The zero-order chi connectivity index (χ0) is 27.4. The van der Waals surface area contributed by atoms with Gasteiger partial charge in [-0.15, -0.1) is 5.10 Å². The number of allylic oxidation sites excluding steroid dienone is 1. The van der Waals surface area contributed by atoms with E-state index in [1.807, 2.05) is 92.0 Å². The van der Waals surface area contributed by atoms with Crippen LogP contribution in [-0.4, -0.2) is 44.8 Å². The topological polar surface area (TPSA) is 101 Å². The minimum absolute atomic E-state index is 0.0566. The van der Waals surface area contributed by atoms with Crippen molar-refractivity contribution in [1.82, 2.24) is 15.0 Å². The summed E-state index contributed by atoms with van der Waals surface area (Å²) < 4.78 is 7.14. The van der Waals surface area contributed by atoms with Crippen LogP contribution in [0.4, 0.5) is 11.4 Å². The summed E-state index contributed by atoms with van der Waals surface area (Å²) in [6.07, 6.45) is 6.29. The minimum Gasteiger partial charge on any atom is -0.497 e. The van der Waals surface area contributed by atoms with Gasteiger partial charge in [-0.05, 0) is 42.3 Å². The highest BCUT2D eigenvalue weighted by molar-refractivity contribution is 6.12. The van der Waals surface area contributed by atoms with Crippen LogP contribution in [0.15, 0.2) is 97.2 Å². The Morgan fingerprint density at radius 2 is 1.77 bits per heavy atom. The van der Waals surface area contributed by atoms with Crippen molar-refractivity contribution in [1.29, 1.82) is 0 Å². The van der Waals surface area contributed by atoms with Gasteiger partial charge in [0.1, 0.15) is 5.75 Å². The average molecular weight is 525 g/mol. The fourth-order valence-corrected chi connectivity index (χ4v) is 5.09. The zero-order valence-electron chi connectivity index (χ0n) is 22.0. The molecule has 200 valence electrons. The van der Waals surface area contributed by atoms with E-state index in [4.69, 9.17) is 4.74 Å². The number of nitrogens with zero attached hydrogens (tertiary/aromatic N) is 4. The second-order valence-corrected chi connectivity index (χ2v) is 9.68. The van der Waals surface area contributed by atoms with Crippen LogP contribution in [-0.2, 0) is 16.9 Å². The molecule has 0 spiro atoms. The molecule has 3 aromatic carbocycles. The number of hydrogen-bond acceptors (Lipinski definition) is 6. The van der Waals surface area contributed by atoms with E-state index in [1.54, 1.807) is 28.8 Å². The third kappa shape index (κ3) is 4.96. The molecule has 3 atom stereocenters. The number of benzene rings is 3. The van der Waals surface area contributed by atoms with Crippen molar-refractivity contribution in [3.05, 3.63) is 114 Å². The van der Waals surface area contributed by atoms with Crippen LogP contribution in [0.25, 0.3) is 0 Å². The monoisotopic (exact) mass is 524 g/mol. The molecule has 1 aromatic heterocycles. The summed E-state index contributed by atoms with van der Waals surface area (Å²) in [5.74, 6) is -0.564. The Morgan fingerprint density at radius 3 is 2.46 bits per heavy atom. The van der Waals surface area contributed by atoms with E-state index in [0.29, 0.717) is 41.3 Å². The van der Waals surface area contributed by atoms with Crippen molar-refractivity contribution < 1.29 is 19.7 Å². The molecule has 1 aliphatic rings. The first kappa shape index (κ1) is 26.3. The number of hydrogen-bond donors (Lipinski definition) is 2.